The Morgan fingerprint density at radius 1 is 1.20 bits per heavy atom. The molecule has 1 heterocycles. The average Bonchev–Trinajstić information content (AvgIpc) is 2.59. The van der Waals surface area contributed by atoms with E-state index in [1.165, 1.54) is 15.5 Å². The van der Waals surface area contributed by atoms with Crippen LogP contribution >= 0.6 is 23.1 Å². The third-order valence-electron chi connectivity index (χ3n) is 2.41. The van der Waals surface area contributed by atoms with Crippen LogP contribution in [0.1, 0.15) is 10.6 Å². The fraction of sp³-hybridized carbons (Fsp3) is 0.250. The summed E-state index contributed by atoms with van der Waals surface area (Å²) in [7, 11) is 0. The lowest BCUT2D eigenvalue weighted by Gasteiger charge is -1.97. The lowest BCUT2D eigenvalue weighted by molar-refractivity contribution is -0.677. The second kappa shape index (κ2) is 4.81. The van der Waals surface area contributed by atoms with Crippen LogP contribution in [0.4, 0.5) is 0 Å². The van der Waals surface area contributed by atoms with E-state index in [1.54, 1.807) is 0 Å². The molecule has 0 aliphatic heterocycles. The summed E-state index contributed by atoms with van der Waals surface area (Å²) in [5.74, 6) is 1.00. The fourth-order valence-electron chi connectivity index (χ4n) is 1.30. The summed E-state index contributed by atoms with van der Waals surface area (Å²) < 4.78 is 2.30. The highest BCUT2D eigenvalue weighted by Gasteiger charge is 2.11. The Hall–Kier alpha value is -0.800. The zero-order valence-electron chi connectivity index (χ0n) is 8.93. The van der Waals surface area contributed by atoms with Crippen molar-refractivity contribution in [2.45, 2.75) is 24.6 Å². The van der Waals surface area contributed by atoms with Crippen LogP contribution in [0, 0.1) is 13.8 Å². The average molecular weight is 236 g/mol. The fourth-order valence-corrected chi connectivity index (χ4v) is 3.10. The molecule has 1 aromatic carbocycles. The van der Waals surface area contributed by atoms with E-state index in [9.17, 15) is 0 Å². The van der Waals surface area contributed by atoms with Gasteiger partial charge in [-0.2, -0.15) is 4.57 Å². The maximum atomic E-state index is 2.30. The first-order chi connectivity index (χ1) is 7.27. The Morgan fingerprint density at radius 2 is 1.93 bits per heavy atom. The Kier molecular flexibility index (Phi) is 3.44. The Bertz CT molecular complexity index is 434. The van der Waals surface area contributed by atoms with Gasteiger partial charge in [-0.25, -0.2) is 0 Å². The summed E-state index contributed by atoms with van der Waals surface area (Å²) in [6.45, 7) is 4.35. The molecule has 0 fully saturated rings. The minimum Gasteiger partial charge on any atom is -0.183 e. The monoisotopic (exact) mass is 236 g/mol. The molecule has 3 heteroatoms. The topological polar surface area (TPSA) is 3.88 Å². The predicted octanol–water partition coefficient (Wildman–Crippen LogP) is 3.40. The number of benzene rings is 1. The zero-order chi connectivity index (χ0) is 10.7. The van der Waals surface area contributed by atoms with Crippen LogP contribution in [-0.2, 0) is 5.88 Å². The van der Waals surface area contributed by atoms with E-state index in [0.717, 1.165) is 5.88 Å². The van der Waals surface area contributed by atoms with Gasteiger partial charge in [0, 0.05) is 11.8 Å². The van der Waals surface area contributed by atoms with Crippen molar-refractivity contribution in [1.29, 1.82) is 0 Å². The minimum atomic E-state index is 1.00. The summed E-state index contributed by atoms with van der Waals surface area (Å²) in [5, 5.41) is 0. The molecule has 0 radical (unpaired) electrons. The van der Waals surface area contributed by atoms with Crippen LogP contribution in [0.3, 0.4) is 0 Å². The maximum absolute atomic E-state index is 2.30. The lowest BCUT2D eigenvalue weighted by Crippen LogP contribution is -2.32. The molecular formula is C12H14NS2+. The highest BCUT2D eigenvalue weighted by Crippen LogP contribution is 2.18. The first-order valence-electron chi connectivity index (χ1n) is 4.89. The van der Waals surface area contributed by atoms with Gasteiger partial charge in [0.15, 0.2) is 11.6 Å². The van der Waals surface area contributed by atoms with Gasteiger partial charge in [0.1, 0.15) is 0 Å². The normalized spacial score (nSPS) is 10.5. The van der Waals surface area contributed by atoms with E-state index in [4.69, 9.17) is 0 Å². The van der Waals surface area contributed by atoms with Gasteiger partial charge in [-0.15, -0.1) is 0 Å². The molecule has 0 bridgehead atoms. The number of thiazole rings is 1. The highest BCUT2D eigenvalue weighted by atomic mass is 32.2. The molecule has 0 atom stereocenters. The van der Waals surface area contributed by atoms with Gasteiger partial charge in [-0.05, 0) is 19.1 Å². The Labute approximate surface area is 98.8 Å². The van der Waals surface area contributed by atoms with Crippen LogP contribution in [0.2, 0.25) is 0 Å². The predicted molar refractivity (Wildman–Crippen MR) is 66.3 cm³/mol. The number of hydrogen-bond acceptors (Lipinski definition) is 2. The molecule has 1 aromatic heterocycles. The van der Waals surface area contributed by atoms with E-state index < -0.39 is 0 Å². The molecule has 0 spiro atoms. The lowest BCUT2D eigenvalue weighted by atomic mass is 10.4. The van der Waals surface area contributed by atoms with Crippen LogP contribution in [0.25, 0.3) is 0 Å². The van der Waals surface area contributed by atoms with Gasteiger partial charge in [0.2, 0.25) is 5.51 Å². The molecule has 0 aliphatic carbocycles. The number of rotatable bonds is 3. The summed E-state index contributed by atoms with van der Waals surface area (Å²) in [5.41, 5.74) is 3.57. The van der Waals surface area contributed by atoms with E-state index in [2.05, 4.69) is 54.3 Å². The number of nitrogens with zero attached hydrogens (tertiary/aromatic N) is 1. The Morgan fingerprint density at radius 3 is 2.53 bits per heavy atom. The number of thioether (sulfide) groups is 1. The van der Waals surface area contributed by atoms with Crippen molar-refractivity contribution in [3.05, 3.63) is 46.4 Å². The van der Waals surface area contributed by atoms with Crippen molar-refractivity contribution < 1.29 is 4.57 Å². The van der Waals surface area contributed by atoms with E-state index in [0.29, 0.717) is 0 Å². The molecule has 1 nitrogen and oxygen atoms in total. The number of aryl methyl sites for hydroxylation is 1. The van der Waals surface area contributed by atoms with Gasteiger partial charge < -0.3 is 0 Å². The van der Waals surface area contributed by atoms with Crippen molar-refractivity contribution in [2.24, 2.45) is 0 Å². The first kappa shape index (κ1) is 10.7. The molecule has 78 valence electrons. The molecule has 0 aliphatic rings. The molecule has 2 aromatic rings. The molecule has 0 saturated heterocycles. The third-order valence-corrected chi connectivity index (χ3v) is 4.43. The standard InChI is InChI=1S/C12H14NS2/c1-10-11(2)14-8-13(10)9-15-12-6-4-3-5-7-12/h3-8H,9H2,1-2H3/q+1. The number of aromatic nitrogens is 1. The molecule has 15 heavy (non-hydrogen) atoms. The van der Waals surface area contributed by atoms with Gasteiger partial charge >= 0.3 is 0 Å². The van der Waals surface area contributed by atoms with Crippen molar-refractivity contribution >= 4 is 23.1 Å². The van der Waals surface area contributed by atoms with E-state index in [-0.39, 0.29) is 0 Å². The first-order valence-corrected chi connectivity index (χ1v) is 6.76. The molecule has 0 N–H and O–H groups in total. The third kappa shape index (κ3) is 2.61. The molecular weight excluding hydrogens is 222 g/mol. The van der Waals surface area contributed by atoms with Crippen LogP contribution < -0.4 is 4.57 Å². The molecule has 0 unspecified atom stereocenters. The minimum absolute atomic E-state index is 1.00. The van der Waals surface area contributed by atoms with Crippen LogP contribution in [0.5, 0.6) is 0 Å². The van der Waals surface area contributed by atoms with Crippen molar-refractivity contribution in [1.82, 2.24) is 0 Å². The molecule has 0 amide bonds. The second-order valence-corrected chi connectivity index (χ2v) is 5.50. The maximum Gasteiger partial charge on any atom is 0.225 e. The van der Waals surface area contributed by atoms with Crippen molar-refractivity contribution in [3.63, 3.8) is 0 Å². The largest absolute Gasteiger partial charge is 0.225 e. The Balaban J connectivity index is 2.02. The zero-order valence-corrected chi connectivity index (χ0v) is 10.6. The van der Waals surface area contributed by atoms with Gasteiger partial charge in [-0.1, -0.05) is 41.3 Å². The smallest absolute Gasteiger partial charge is 0.183 e. The molecule has 2 rings (SSSR count). The van der Waals surface area contributed by atoms with Gasteiger partial charge in [-0.3, -0.25) is 0 Å². The van der Waals surface area contributed by atoms with E-state index in [1.807, 2.05) is 23.1 Å². The summed E-state index contributed by atoms with van der Waals surface area (Å²) in [6.07, 6.45) is 0. The number of hydrogen-bond donors (Lipinski definition) is 0. The highest BCUT2D eigenvalue weighted by molar-refractivity contribution is 7.98. The summed E-state index contributed by atoms with van der Waals surface area (Å²) in [4.78, 5) is 2.73. The van der Waals surface area contributed by atoms with Crippen molar-refractivity contribution in [2.75, 3.05) is 0 Å². The SMILES string of the molecule is Cc1sc[n+](CSc2ccccc2)c1C. The second-order valence-electron chi connectivity index (χ2n) is 3.42. The van der Waals surface area contributed by atoms with E-state index >= 15 is 0 Å². The summed E-state index contributed by atoms with van der Waals surface area (Å²) in [6, 6.07) is 10.5. The van der Waals surface area contributed by atoms with Crippen LogP contribution in [-0.4, -0.2) is 0 Å². The summed E-state index contributed by atoms with van der Waals surface area (Å²) >= 11 is 3.69. The van der Waals surface area contributed by atoms with Gasteiger partial charge in [0.25, 0.3) is 0 Å². The quantitative estimate of drug-likeness (QED) is 0.583. The molecule has 0 saturated carbocycles. The van der Waals surface area contributed by atoms with Crippen molar-refractivity contribution in [3.8, 4) is 0 Å². The van der Waals surface area contributed by atoms with Crippen LogP contribution in [0.15, 0.2) is 40.7 Å². The van der Waals surface area contributed by atoms with Gasteiger partial charge in [0.05, 0.1) is 4.88 Å².